The van der Waals surface area contributed by atoms with E-state index < -0.39 is 0 Å². The molecule has 1 unspecified atom stereocenters. The zero-order chi connectivity index (χ0) is 12.1. The maximum Gasteiger partial charge on any atom is 0.255 e. The van der Waals surface area contributed by atoms with Crippen LogP contribution >= 0.6 is 0 Å². The van der Waals surface area contributed by atoms with Crippen LogP contribution in [0, 0.1) is 6.92 Å². The van der Waals surface area contributed by atoms with E-state index >= 15 is 0 Å². The molecule has 0 aliphatic carbocycles. The summed E-state index contributed by atoms with van der Waals surface area (Å²) in [5.74, 6) is -0.254. The van der Waals surface area contributed by atoms with Crippen molar-refractivity contribution in [2.24, 2.45) is 5.73 Å². The molecule has 0 saturated heterocycles. The normalized spacial score (nSPS) is 12.2. The summed E-state index contributed by atoms with van der Waals surface area (Å²) in [6, 6.07) is 5.00. The van der Waals surface area contributed by atoms with Gasteiger partial charge in [-0.1, -0.05) is 6.07 Å². The molecule has 0 spiro atoms. The number of rotatable bonds is 4. The third kappa shape index (κ3) is 3.24. The lowest BCUT2D eigenvalue weighted by Gasteiger charge is -2.13. The fourth-order valence-electron chi connectivity index (χ4n) is 1.46. The van der Waals surface area contributed by atoms with Crippen molar-refractivity contribution < 1.29 is 9.90 Å². The molecule has 0 heterocycles. The smallest absolute Gasteiger partial charge is 0.255 e. The van der Waals surface area contributed by atoms with Crippen LogP contribution in [0.25, 0.3) is 0 Å². The Morgan fingerprint density at radius 3 is 2.81 bits per heavy atom. The molecule has 1 aromatic rings. The van der Waals surface area contributed by atoms with Crippen LogP contribution in [0.5, 0.6) is 5.75 Å². The molecule has 0 aliphatic heterocycles. The number of hydrogen-bond acceptors (Lipinski definition) is 3. The van der Waals surface area contributed by atoms with Crippen molar-refractivity contribution in [1.82, 2.24) is 5.32 Å². The van der Waals surface area contributed by atoms with Crippen molar-refractivity contribution in [2.75, 3.05) is 6.54 Å². The summed E-state index contributed by atoms with van der Waals surface area (Å²) in [6.07, 6.45) is 0.721. The number of hydrogen-bond donors (Lipinski definition) is 3. The van der Waals surface area contributed by atoms with E-state index in [9.17, 15) is 9.90 Å². The Labute approximate surface area is 95.5 Å². The quantitative estimate of drug-likeness (QED) is 0.715. The highest BCUT2D eigenvalue weighted by Crippen LogP contribution is 2.18. The van der Waals surface area contributed by atoms with Crippen molar-refractivity contribution in [3.8, 4) is 5.75 Å². The van der Waals surface area contributed by atoms with Crippen LogP contribution < -0.4 is 11.1 Å². The number of phenolic OH excluding ortho intramolecular Hbond substituents is 1. The molecular weight excluding hydrogens is 204 g/mol. The molecule has 0 radical (unpaired) electrons. The maximum absolute atomic E-state index is 11.8. The van der Waals surface area contributed by atoms with E-state index in [1.54, 1.807) is 18.2 Å². The highest BCUT2D eigenvalue weighted by Gasteiger charge is 2.12. The molecule has 0 fully saturated rings. The predicted molar refractivity (Wildman–Crippen MR) is 63.4 cm³/mol. The standard InChI is InChI=1S/C12H18N2O2/c1-8-3-4-10(11(15)7-8)12(16)14-9(2)5-6-13/h3-4,7,9,15H,5-6,13H2,1-2H3,(H,14,16). The second kappa shape index (κ2) is 5.51. The second-order valence-electron chi connectivity index (χ2n) is 3.97. The van der Waals surface area contributed by atoms with E-state index in [1.807, 2.05) is 13.8 Å². The first-order valence-electron chi connectivity index (χ1n) is 5.35. The van der Waals surface area contributed by atoms with Gasteiger partial charge in [-0.2, -0.15) is 0 Å². The van der Waals surface area contributed by atoms with Crippen molar-refractivity contribution in [3.05, 3.63) is 29.3 Å². The summed E-state index contributed by atoms with van der Waals surface area (Å²) < 4.78 is 0. The van der Waals surface area contributed by atoms with Gasteiger partial charge < -0.3 is 16.2 Å². The lowest BCUT2D eigenvalue weighted by molar-refractivity contribution is 0.0936. The lowest BCUT2D eigenvalue weighted by Crippen LogP contribution is -2.34. The van der Waals surface area contributed by atoms with Gasteiger partial charge in [0.25, 0.3) is 5.91 Å². The summed E-state index contributed by atoms with van der Waals surface area (Å²) in [5.41, 5.74) is 6.61. The molecule has 0 aromatic heterocycles. The highest BCUT2D eigenvalue weighted by molar-refractivity contribution is 5.97. The Morgan fingerprint density at radius 1 is 1.56 bits per heavy atom. The third-order valence-corrected chi connectivity index (χ3v) is 2.38. The number of nitrogens with one attached hydrogen (secondary N) is 1. The van der Waals surface area contributed by atoms with Crippen LogP contribution in [0.1, 0.15) is 29.3 Å². The summed E-state index contributed by atoms with van der Waals surface area (Å²) >= 11 is 0. The highest BCUT2D eigenvalue weighted by atomic mass is 16.3. The van der Waals surface area contributed by atoms with Crippen LogP contribution in [-0.2, 0) is 0 Å². The molecule has 0 aliphatic rings. The van der Waals surface area contributed by atoms with Crippen LogP contribution in [0.3, 0.4) is 0 Å². The SMILES string of the molecule is Cc1ccc(C(=O)NC(C)CCN)c(O)c1. The van der Waals surface area contributed by atoms with Gasteiger partial charge in [-0.25, -0.2) is 0 Å². The number of aryl methyl sites for hydroxylation is 1. The molecule has 1 amide bonds. The molecule has 0 saturated carbocycles. The van der Waals surface area contributed by atoms with Gasteiger partial charge in [-0.3, -0.25) is 4.79 Å². The first-order valence-corrected chi connectivity index (χ1v) is 5.35. The van der Waals surface area contributed by atoms with Crippen molar-refractivity contribution in [1.29, 1.82) is 0 Å². The topological polar surface area (TPSA) is 75.4 Å². The zero-order valence-electron chi connectivity index (χ0n) is 9.66. The number of aromatic hydroxyl groups is 1. The Hall–Kier alpha value is -1.55. The summed E-state index contributed by atoms with van der Waals surface area (Å²) in [6.45, 7) is 4.27. The lowest BCUT2D eigenvalue weighted by atomic mass is 10.1. The monoisotopic (exact) mass is 222 g/mol. The van der Waals surface area contributed by atoms with Crippen LogP contribution in [0.15, 0.2) is 18.2 Å². The Morgan fingerprint density at radius 2 is 2.25 bits per heavy atom. The van der Waals surface area contributed by atoms with Crippen molar-refractivity contribution >= 4 is 5.91 Å². The van der Waals surface area contributed by atoms with Gasteiger partial charge in [0.15, 0.2) is 0 Å². The molecule has 1 aromatic carbocycles. The van der Waals surface area contributed by atoms with E-state index in [4.69, 9.17) is 5.73 Å². The molecule has 88 valence electrons. The van der Waals surface area contributed by atoms with Gasteiger partial charge in [0.1, 0.15) is 5.75 Å². The van der Waals surface area contributed by atoms with Gasteiger partial charge in [-0.05, 0) is 44.5 Å². The number of carbonyl (C=O) groups is 1. The summed E-state index contributed by atoms with van der Waals surface area (Å²) in [5, 5.41) is 12.4. The predicted octanol–water partition coefficient (Wildman–Crippen LogP) is 1.17. The number of benzene rings is 1. The van der Waals surface area contributed by atoms with Crippen LogP contribution in [-0.4, -0.2) is 23.6 Å². The number of carbonyl (C=O) groups excluding carboxylic acids is 1. The first-order chi connectivity index (χ1) is 7.54. The molecule has 4 nitrogen and oxygen atoms in total. The van der Waals surface area contributed by atoms with Crippen molar-refractivity contribution in [3.63, 3.8) is 0 Å². The van der Waals surface area contributed by atoms with Gasteiger partial charge in [0.05, 0.1) is 5.56 Å². The largest absolute Gasteiger partial charge is 0.507 e. The van der Waals surface area contributed by atoms with E-state index in [2.05, 4.69) is 5.32 Å². The van der Waals surface area contributed by atoms with E-state index in [0.717, 1.165) is 12.0 Å². The van der Waals surface area contributed by atoms with E-state index in [1.165, 1.54) is 0 Å². The maximum atomic E-state index is 11.8. The fourth-order valence-corrected chi connectivity index (χ4v) is 1.46. The minimum Gasteiger partial charge on any atom is -0.507 e. The molecule has 1 rings (SSSR count). The molecule has 16 heavy (non-hydrogen) atoms. The molecule has 0 bridgehead atoms. The molecule has 1 atom stereocenters. The van der Waals surface area contributed by atoms with Gasteiger partial charge in [-0.15, -0.1) is 0 Å². The zero-order valence-corrected chi connectivity index (χ0v) is 9.66. The number of nitrogens with two attached hydrogens (primary N) is 1. The summed E-state index contributed by atoms with van der Waals surface area (Å²) in [4.78, 5) is 11.8. The number of phenols is 1. The Kier molecular flexibility index (Phi) is 4.31. The minimum atomic E-state index is -0.265. The molecule has 4 heteroatoms. The van der Waals surface area contributed by atoms with Gasteiger partial charge in [0.2, 0.25) is 0 Å². The van der Waals surface area contributed by atoms with Gasteiger partial charge in [0, 0.05) is 6.04 Å². The van der Waals surface area contributed by atoms with E-state index in [-0.39, 0.29) is 17.7 Å². The first kappa shape index (κ1) is 12.5. The minimum absolute atomic E-state index is 0.0115. The molecular formula is C12H18N2O2. The average Bonchev–Trinajstić information content (AvgIpc) is 2.17. The Bertz CT molecular complexity index is 377. The number of amides is 1. The summed E-state index contributed by atoms with van der Waals surface area (Å²) in [7, 11) is 0. The molecule has 4 N–H and O–H groups in total. The second-order valence-corrected chi connectivity index (χ2v) is 3.97. The van der Waals surface area contributed by atoms with Crippen LogP contribution in [0.2, 0.25) is 0 Å². The van der Waals surface area contributed by atoms with Crippen molar-refractivity contribution in [2.45, 2.75) is 26.3 Å². The van der Waals surface area contributed by atoms with Gasteiger partial charge >= 0.3 is 0 Å². The van der Waals surface area contributed by atoms with Crippen LogP contribution in [0.4, 0.5) is 0 Å². The average molecular weight is 222 g/mol. The fraction of sp³-hybridized carbons (Fsp3) is 0.417. The Balaban J connectivity index is 2.73. The van der Waals surface area contributed by atoms with E-state index in [0.29, 0.717) is 12.1 Å². The third-order valence-electron chi connectivity index (χ3n) is 2.38.